The molecule has 0 amide bonds. The van der Waals surface area contributed by atoms with Crippen LogP contribution in [0.2, 0.25) is 0 Å². The fourth-order valence-corrected chi connectivity index (χ4v) is 3.79. The second-order valence-electron chi connectivity index (χ2n) is 5.84. The molecule has 1 aromatic carbocycles. The zero-order valence-electron chi connectivity index (χ0n) is 14.3. The van der Waals surface area contributed by atoms with Gasteiger partial charge in [-0.1, -0.05) is 18.2 Å². The average Bonchev–Trinajstić information content (AvgIpc) is 3.17. The number of halogens is 1. The highest BCUT2D eigenvalue weighted by molar-refractivity contribution is 14.0. The Morgan fingerprint density at radius 3 is 2.92 bits per heavy atom. The Morgan fingerprint density at radius 1 is 1.33 bits per heavy atom. The quantitative estimate of drug-likeness (QED) is 0.320. The van der Waals surface area contributed by atoms with Crippen LogP contribution in [0.4, 0.5) is 5.69 Å². The first kappa shape index (κ1) is 19.2. The number of rotatable bonds is 5. The second-order valence-corrected chi connectivity index (χ2v) is 6.79. The highest BCUT2D eigenvalue weighted by Crippen LogP contribution is 2.27. The standard InChI is InChI=1S/C18H24N4S.HI/c1-14-13-23-17(21-14)9-5-6-11-20-18(19-2)22-12-10-15-7-3-4-8-16(15)22;/h3-4,7-8,13H,5-6,9-12H2,1-2H3,(H,19,20);1H. The molecular formula is C18H25IN4S. The largest absolute Gasteiger partial charge is 0.356 e. The van der Waals surface area contributed by atoms with E-state index in [-0.39, 0.29) is 24.0 Å². The van der Waals surface area contributed by atoms with Crippen LogP contribution in [0, 0.1) is 6.92 Å². The van der Waals surface area contributed by atoms with Crippen LogP contribution in [0.5, 0.6) is 0 Å². The Labute approximate surface area is 165 Å². The summed E-state index contributed by atoms with van der Waals surface area (Å²) in [6.45, 7) is 4.02. The molecule has 0 saturated heterocycles. The predicted molar refractivity (Wildman–Crippen MR) is 114 cm³/mol. The lowest BCUT2D eigenvalue weighted by atomic mass is 10.2. The third kappa shape index (κ3) is 4.69. The number of unbranched alkanes of at least 4 members (excludes halogenated alkanes) is 1. The van der Waals surface area contributed by atoms with Gasteiger partial charge in [0.15, 0.2) is 5.96 Å². The van der Waals surface area contributed by atoms with Crippen molar-refractivity contribution in [2.24, 2.45) is 4.99 Å². The number of guanidine groups is 1. The molecule has 2 heterocycles. The molecule has 0 saturated carbocycles. The number of benzene rings is 1. The molecule has 1 aromatic heterocycles. The van der Waals surface area contributed by atoms with Crippen molar-refractivity contribution in [3.63, 3.8) is 0 Å². The van der Waals surface area contributed by atoms with Crippen molar-refractivity contribution >= 4 is 47.0 Å². The first-order valence-corrected chi connectivity index (χ1v) is 9.13. The van der Waals surface area contributed by atoms with Gasteiger partial charge in [-0.25, -0.2) is 4.98 Å². The minimum absolute atomic E-state index is 0. The van der Waals surface area contributed by atoms with E-state index in [2.05, 4.69) is 56.8 Å². The molecule has 0 bridgehead atoms. The van der Waals surface area contributed by atoms with Gasteiger partial charge in [0, 0.05) is 36.9 Å². The van der Waals surface area contributed by atoms with E-state index in [0.717, 1.165) is 50.4 Å². The Morgan fingerprint density at radius 2 is 2.17 bits per heavy atom. The Bertz CT molecular complexity index is 683. The minimum atomic E-state index is 0. The second kappa shape index (κ2) is 9.36. The molecule has 6 heteroatoms. The van der Waals surface area contributed by atoms with E-state index in [1.54, 1.807) is 11.3 Å². The predicted octanol–water partition coefficient (Wildman–Crippen LogP) is 4.03. The third-order valence-electron chi connectivity index (χ3n) is 4.12. The van der Waals surface area contributed by atoms with Gasteiger partial charge in [-0.3, -0.25) is 4.99 Å². The van der Waals surface area contributed by atoms with E-state index in [1.807, 2.05) is 7.05 Å². The average molecular weight is 456 g/mol. The number of aryl methyl sites for hydroxylation is 2. The summed E-state index contributed by atoms with van der Waals surface area (Å²) in [7, 11) is 1.86. The number of nitrogens with one attached hydrogen (secondary N) is 1. The molecule has 4 nitrogen and oxygen atoms in total. The van der Waals surface area contributed by atoms with Crippen LogP contribution in [0.3, 0.4) is 0 Å². The maximum atomic E-state index is 4.51. The lowest BCUT2D eigenvalue weighted by Crippen LogP contribution is -2.40. The Hall–Kier alpha value is -1.15. The Balaban J connectivity index is 0.00000208. The molecular weight excluding hydrogens is 431 g/mol. The summed E-state index contributed by atoms with van der Waals surface area (Å²) in [6.07, 6.45) is 4.46. The molecule has 1 aliphatic heterocycles. The molecule has 3 rings (SSSR count). The van der Waals surface area contributed by atoms with Crippen LogP contribution in [0.25, 0.3) is 0 Å². The van der Waals surface area contributed by atoms with Crippen LogP contribution in [0.15, 0.2) is 34.6 Å². The number of para-hydroxylation sites is 1. The number of aliphatic imine (C=N–C) groups is 1. The van der Waals surface area contributed by atoms with Crippen molar-refractivity contribution in [1.82, 2.24) is 10.3 Å². The van der Waals surface area contributed by atoms with Crippen LogP contribution in [-0.2, 0) is 12.8 Å². The van der Waals surface area contributed by atoms with Gasteiger partial charge >= 0.3 is 0 Å². The molecule has 1 aliphatic rings. The Kier molecular flexibility index (Phi) is 7.48. The van der Waals surface area contributed by atoms with Gasteiger partial charge < -0.3 is 10.2 Å². The molecule has 0 fully saturated rings. The van der Waals surface area contributed by atoms with E-state index in [1.165, 1.54) is 16.3 Å². The van der Waals surface area contributed by atoms with Gasteiger partial charge in [0.25, 0.3) is 0 Å². The smallest absolute Gasteiger partial charge is 0.198 e. The lowest BCUT2D eigenvalue weighted by Gasteiger charge is -2.22. The number of nitrogens with zero attached hydrogens (tertiary/aromatic N) is 3. The fourth-order valence-electron chi connectivity index (χ4n) is 2.97. The van der Waals surface area contributed by atoms with Crippen LogP contribution < -0.4 is 10.2 Å². The molecule has 130 valence electrons. The summed E-state index contributed by atoms with van der Waals surface area (Å²) in [4.78, 5) is 11.3. The topological polar surface area (TPSA) is 40.5 Å². The summed E-state index contributed by atoms with van der Waals surface area (Å²) >= 11 is 1.77. The third-order valence-corrected chi connectivity index (χ3v) is 5.15. The van der Waals surface area contributed by atoms with Crippen molar-refractivity contribution in [3.05, 3.63) is 45.9 Å². The molecule has 0 aliphatic carbocycles. The summed E-state index contributed by atoms with van der Waals surface area (Å²) < 4.78 is 0. The minimum Gasteiger partial charge on any atom is -0.356 e. The summed E-state index contributed by atoms with van der Waals surface area (Å²) in [5.41, 5.74) is 3.84. The first-order valence-electron chi connectivity index (χ1n) is 8.25. The number of fused-ring (bicyclic) bond motifs is 1. The summed E-state index contributed by atoms with van der Waals surface area (Å²) in [5, 5.41) is 6.88. The van der Waals surface area contributed by atoms with Crippen molar-refractivity contribution in [2.45, 2.75) is 32.6 Å². The van der Waals surface area contributed by atoms with Crippen molar-refractivity contribution in [1.29, 1.82) is 0 Å². The van der Waals surface area contributed by atoms with Gasteiger partial charge in [0.05, 0.1) is 5.01 Å². The molecule has 0 radical (unpaired) electrons. The number of thiazole rings is 1. The molecule has 24 heavy (non-hydrogen) atoms. The van der Waals surface area contributed by atoms with Crippen LogP contribution >= 0.6 is 35.3 Å². The van der Waals surface area contributed by atoms with Crippen LogP contribution in [-0.4, -0.2) is 31.1 Å². The van der Waals surface area contributed by atoms with Crippen LogP contribution in [0.1, 0.15) is 29.1 Å². The SMILES string of the molecule is CN=C(NCCCCc1nc(C)cs1)N1CCc2ccccc21.I. The fraction of sp³-hybridized carbons (Fsp3) is 0.444. The number of aromatic nitrogens is 1. The first-order chi connectivity index (χ1) is 11.3. The van der Waals surface area contributed by atoms with E-state index in [4.69, 9.17) is 0 Å². The molecule has 0 spiro atoms. The molecule has 0 atom stereocenters. The number of hydrogen-bond acceptors (Lipinski definition) is 3. The van der Waals surface area contributed by atoms with E-state index >= 15 is 0 Å². The highest BCUT2D eigenvalue weighted by Gasteiger charge is 2.21. The zero-order valence-corrected chi connectivity index (χ0v) is 17.4. The monoisotopic (exact) mass is 456 g/mol. The number of hydrogen-bond donors (Lipinski definition) is 1. The van der Waals surface area contributed by atoms with Gasteiger partial charge in [0.2, 0.25) is 0 Å². The molecule has 0 unspecified atom stereocenters. The zero-order chi connectivity index (χ0) is 16.1. The van der Waals surface area contributed by atoms with Crippen molar-refractivity contribution < 1.29 is 0 Å². The van der Waals surface area contributed by atoms with Gasteiger partial charge in [0.1, 0.15) is 0 Å². The summed E-state index contributed by atoms with van der Waals surface area (Å²) in [6, 6.07) is 8.60. The van der Waals surface area contributed by atoms with Crippen molar-refractivity contribution in [3.8, 4) is 0 Å². The highest BCUT2D eigenvalue weighted by atomic mass is 127. The van der Waals surface area contributed by atoms with Gasteiger partial charge in [-0.15, -0.1) is 35.3 Å². The van der Waals surface area contributed by atoms with E-state index < -0.39 is 0 Å². The maximum absolute atomic E-state index is 4.51. The van der Waals surface area contributed by atoms with E-state index in [0.29, 0.717) is 0 Å². The number of anilines is 1. The van der Waals surface area contributed by atoms with Crippen molar-refractivity contribution in [2.75, 3.05) is 25.0 Å². The van der Waals surface area contributed by atoms with Gasteiger partial charge in [-0.05, 0) is 44.2 Å². The normalized spacial score (nSPS) is 13.6. The molecule has 1 N–H and O–H groups in total. The van der Waals surface area contributed by atoms with E-state index in [9.17, 15) is 0 Å². The summed E-state index contributed by atoms with van der Waals surface area (Å²) in [5.74, 6) is 0.986. The maximum Gasteiger partial charge on any atom is 0.198 e. The lowest BCUT2D eigenvalue weighted by molar-refractivity contribution is 0.700. The van der Waals surface area contributed by atoms with Gasteiger partial charge in [-0.2, -0.15) is 0 Å². The molecule has 2 aromatic rings.